The highest BCUT2D eigenvalue weighted by Gasteiger charge is 2.33. The highest BCUT2D eigenvalue weighted by molar-refractivity contribution is 5.77. The number of carbonyl (C=O) groups is 1. The number of carbonyl (C=O) groups excluding carboxylic acids is 1. The first kappa shape index (κ1) is 19.1. The lowest BCUT2D eigenvalue weighted by atomic mass is 10.1. The van der Waals surface area contributed by atoms with E-state index >= 15 is 0 Å². The summed E-state index contributed by atoms with van der Waals surface area (Å²) in [5.41, 5.74) is 1.74. The molecule has 1 atom stereocenters. The van der Waals surface area contributed by atoms with Crippen LogP contribution in [0.4, 0.5) is 4.39 Å². The second kappa shape index (κ2) is 8.43. The Kier molecular flexibility index (Phi) is 5.55. The molecule has 2 heterocycles. The quantitative estimate of drug-likeness (QED) is 0.626. The van der Waals surface area contributed by atoms with Gasteiger partial charge in [-0.05, 0) is 61.2 Å². The van der Waals surface area contributed by atoms with Crippen molar-refractivity contribution in [1.82, 2.24) is 15.0 Å². The van der Waals surface area contributed by atoms with Gasteiger partial charge in [-0.2, -0.15) is 4.98 Å². The maximum atomic E-state index is 13.1. The van der Waals surface area contributed by atoms with Gasteiger partial charge in [0.1, 0.15) is 17.6 Å². The van der Waals surface area contributed by atoms with E-state index in [0.717, 1.165) is 24.2 Å². The van der Waals surface area contributed by atoms with Gasteiger partial charge in [0, 0.05) is 18.5 Å². The molecule has 1 fully saturated rings. The molecule has 0 saturated carbocycles. The lowest BCUT2D eigenvalue weighted by Gasteiger charge is -2.22. The fraction of sp³-hybridized carbons (Fsp3) is 0.318. The van der Waals surface area contributed by atoms with Crippen LogP contribution in [-0.4, -0.2) is 34.6 Å². The smallest absolute Gasteiger partial charge is 0.249 e. The minimum atomic E-state index is -0.318. The maximum Gasteiger partial charge on any atom is 0.249 e. The molecule has 0 unspecified atom stereocenters. The van der Waals surface area contributed by atoms with Crippen molar-refractivity contribution in [1.29, 1.82) is 0 Å². The SMILES string of the molecule is COc1cccc(CCC(=O)N2CCC[C@@H]2c2nc(-c3ccc(F)cc3)no2)c1. The summed E-state index contributed by atoms with van der Waals surface area (Å²) in [6.45, 7) is 0.676. The molecule has 0 radical (unpaired) electrons. The average Bonchev–Trinajstić information content (AvgIpc) is 3.42. The van der Waals surface area contributed by atoms with Gasteiger partial charge in [-0.15, -0.1) is 0 Å². The summed E-state index contributed by atoms with van der Waals surface area (Å²) >= 11 is 0. The predicted molar refractivity (Wildman–Crippen MR) is 105 cm³/mol. The van der Waals surface area contributed by atoms with Gasteiger partial charge in [0.2, 0.25) is 17.6 Å². The van der Waals surface area contributed by atoms with E-state index in [9.17, 15) is 9.18 Å². The van der Waals surface area contributed by atoms with E-state index < -0.39 is 0 Å². The average molecular weight is 395 g/mol. The summed E-state index contributed by atoms with van der Waals surface area (Å²) in [5, 5.41) is 4.01. The van der Waals surface area contributed by atoms with E-state index in [4.69, 9.17) is 9.26 Å². The Balaban J connectivity index is 1.43. The number of amides is 1. The summed E-state index contributed by atoms with van der Waals surface area (Å²) in [6, 6.07) is 13.5. The number of halogens is 1. The standard InChI is InChI=1S/C22H22FN3O3/c1-28-18-5-2-4-15(14-18)7-12-20(27)26-13-3-6-19(26)22-24-21(25-29-22)16-8-10-17(23)11-9-16/h2,4-5,8-11,14,19H,3,6-7,12-13H2,1H3/t19-/m1/s1. The molecule has 0 spiro atoms. The van der Waals surface area contributed by atoms with Crippen LogP contribution >= 0.6 is 0 Å². The third kappa shape index (κ3) is 4.29. The first-order valence-electron chi connectivity index (χ1n) is 9.66. The first-order valence-corrected chi connectivity index (χ1v) is 9.66. The minimum Gasteiger partial charge on any atom is -0.497 e. The highest BCUT2D eigenvalue weighted by atomic mass is 19.1. The second-order valence-electron chi connectivity index (χ2n) is 7.06. The van der Waals surface area contributed by atoms with Gasteiger partial charge in [0.25, 0.3) is 0 Å². The van der Waals surface area contributed by atoms with Gasteiger partial charge in [-0.3, -0.25) is 4.79 Å². The van der Waals surface area contributed by atoms with E-state index in [1.54, 1.807) is 19.2 Å². The lowest BCUT2D eigenvalue weighted by Crippen LogP contribution is -2.30. The monoisotopic (exact) mass is 395 g/mol. The van der Waals surface area contributed by atoms with Crippen LogP contribution in [0.2, 0.25) is 0 Å². The number of hydrogen-bond acceptors (Lipinski definition) is 5. The van der Waals surface area contributed by atoms with Crippen molar-refractivity contribution in [2.24, 2.45) is 0 Å². The zero-order valence-electron chi connectivity index (χ0n) is 16.2. The van der Waals surface area contributed by atoms with Gasteiger partial charge < -0.3 is 14.2 Å². The van der Waals surface area contributed by atoms with Crippen LogP contribution in [0, 0.1) is 5.82 Å². The van der Waals surface area contributed by atoms with Gasteiger partial charge >= 0.3 is 0 Å². The molecule has 1 aliphatic rings. The van der Waals surface area contributed by atoms with Crippen LogP contribution in [0.5, 0.6) is 5.75 Å². The molecule has 2 aromatic carbocycles. The third-order valence-electron chi connectivity index (χ3n) is 5.16. The third-order valence-corrected chi connectivity index (χ3v) is 5.16. The van der Waals surface area contributed by atoms with Crippen LogP contribution in [0.15, 0.2) is 53.1 Å². The fourth-order valence-electron chi connectivity index (χ4n) is 3.63. The normalized spacial score (nSPS) is 16.2. The molecular weight excluding hydrogens is 373 g/mol. The number of likely N-dealkylation sites (tertiary alicyclic amines) is 1. The summed E-state index contributed by atoms with van der Waals surface area (Å²) in [4.78, 5) is 19.1. The Morgan fingerprint density at radius 1 is 1.28 bits per heavy atom. The van der Waals surface area contributed by atoms with E-state index in [0.29, 0.717) is 36.7 Å². The maximum absolute atomic E-state index is 13.1. The molecule has 29 heavy (non-hydrogen) atoms. The van der Waals surface area contributed by atoms with Crippen molar-refractivity contribution < 1.29 is 18.4 Å². The van der Waals surface area contributed by atoms with Crippen LogP contribution in [-0.2, 0) is 11.2 Å². The molecule has 4 rings (SSSR count). The van der Waals surface area contributed by atoms with Crippen LogP contribution in [0.25, 0.3) is 11.4 Å². The van der Waals surface area contributed by atoms with E-state index in [-0.39, 0.29) is 17.8 Å². The molecule has 1 aliphatic heterocycles. The Morgan fingerprint density at radius 3 is 2.90 bits per heavy atom. The van der Waals surface area contributed by atoms with Crippen molar-refractivity contribution in [2.45, 2.75) is 31.7 Å². The lowest BCUT2D eigenvalue weighted by molar-refractivity contribution is -0.132. The summed E-state index contributed by atoms with van der Waals surface area (Å²) in [7, 11) is 1.63. The molecule has 0 aliphatic carbocycles. The van der Waals surface area contributed by atoms with E-state index in [2.05, 4.69) is 10.1 Å². The highest BCUT2D eigenvalue weighted by Crippen LogP contribution is 2.32. The Labute approximate surface area is 168 Å². The van der Waals surface area contributed by atoms with Crippen molar-refractivity contribution in [3.8, 4) is 17.1 Å². The van der Waals surface area contributed by atoms with E-state index in [1.807, 2.05) is 29.2 Å². The van der Waals surface area contributed by atoms with Gasteiger partial charge in [-0.25, -0.2) is 4.39 Å². The second-order valence-corrected chi connectivity index (χ2v) is 7.06. The topological polar surface area (TPSA) is 68.5 Å². The number of aryl methyl sites for hydroxylation is 1. The zero-order valence-corrected chi connectivity index (χ0v) is 16.2. The Hall–Kier alpha value is -3.22. The summed E-state index contributed by atoms with van der Waals surface area (Å²) in [6.07, 6.45) is 2.73. The van der Waals surface area contributed by atoms with E-state index in [1.165, 1.54) is 12.1 Å². The van der Waals surface area contributed by atoms with Gasteiger partial charge in [-0.1, -0.05) is 17.3 Å². The number of benzene rings is 2. The molecular formula is C22H22FN3O3. The molecule has 0 N–H and O–H groups in total. The predicted octanol–water partition coefficient (Wildman–Crippen LogP) is 4.18. The molecule has 1 amide bonds. The van der Waals surface area contributed by atoms with Crippen LogP contribution in [0.1, 0.15) is 36.8 Å². The number of aromatic nitrogens is 2. The number of nitrogens with zero attached hydrogens (tertiary/aromatic N) is 3. The number of ether oxygens (including phenoxy) is 1. The largest absolute Gasteiger partial charge is 0.497 e. The Bertz CT molecular complexity index is 987. The fourth-order valence-corrected chi connectivity index (χ4v) is 3.63. The molecule has 1 aromatic heterocycles. The van der Waals surface area contributed by atoms with Crippen molar-refractivity contribution in [2.75, 3.05) is 13.7 Å². The number of rotatable bonds is 6. The minimum absolute atomic E-state index is 0.0665. The van der Waals surface area contributed by atoms with Crippen molar-refractivity contribution >= 4 is 5.91 Å². The molecule has 1 saturated heterocycles. The summed E-state index contributed by atoms with van der Waals surface area (Å²) in [5.74, 6) is 1.36. The Morgan fingerprint density at radius 2 is 2.10 bits per heavy atom. The molecule has 3 aromatic rings. The first-order chi connectivity index (χ1) is 14.1. The van der Waals surface area contributed by atoms with Crippen LogP contribution in [0.3, 0.4) is 0 Å². The molecule has 7 heteroatoms. The van der Waals surface area contributed by atoms with Crippen molar-refractivity contribution in [3.05, 3.63) is 65.8 Å². The molecule has 150 valence electrons. The van der Waals surface area contributed by atoms with Crippen LogP contribution < -0.4 is 4.74 Å². The molecule has 0 bridgehead atoms. The molecule has 6 nitrogen and oxygen atoms in total. The van der Waals surface area contributed by atoms with Gasteiger partial charge in [0.15, 0.2) is 0 Å². The zero-order chi connectivity index (χ0) is 20.2. The number of methoxy groups -OCH3 is 1. The number of hydrogen-bond donors (Lipinski definition) is 0. The van der Waals surface area contributed by atoms with Gasteiger partial charge in [0.05, 0.1) is 7.11 Å². The van der Waals surface area contributed by atoms with Crippen molar-refractivity contribution in [3.63, 3.8) is 0 Å². The summed E-state index contributed by atoms with van der Waals surface area (Å²) < 4.78 is 23.8.